The number of aryl methyl sites for hydroxylation is 1. The maximum absolute atomic E-state index is 12.7. The van der Waals surface area contributed by atoms with E-state index in [1.165, 1.54) is 0 Å². The number of nitrogens with one attached hydrogen (secondary N) is 1. The maximum atomic E-state index is 12.7. The first kappa shape index (κ1) is 17.4. The van der Waals surface area contributed by atoms with Crippen molar-refractivity contribution in [3.63, 3.8) is 0 Å². The van der Waals surface area contributed by atoms with Crippen LogP contribution in [0.2, 0.25) is 0 Å². The Morgan fingerprint density at radius 1 is 1.27 bits per heavy atom. The smallest absolute Gasteiger partial charge is 0.242 e. The standard InChI is InChI=1S/C16H17BrN6O2S/c1-11-19-20-16-15(18-7-9-23(11)16)22-8-6-12(10-22)21-26(24,25)14-5-3-2-4-13(14)17/h2-5,7,9,12,21H,6,8,10H2,1H3/t12-/m1/s1. The molecule has 1 saturated heterocycles. The van der Waals surface area contributed by atoms with Gasteiger partial charge in [-0.05, 0) is 41.4 Å². The summed E-state index contributed by atoms with van der Waals surface area (Å²) < 4.78 is 30.6. The van der Waals surface area contributed by atoms with Gasteiger partial charge < -0.3 is 4.90 Å². The number of sulfonamides is 1. The van der Waals surface area contributed by atoms with E-state index in [9.17, 15) is 8.42 Å². The molecule has 3 heterocycles. The second-order valence-corrected chi connectivity index (χ2v) is 8.71. The second kappa shape index (κ2) is 6.60. The highest BCUT2D eigenvalue weighted by atomic mass is 79.9. The highest BCUT2D eigenvalue weighted by Gasteiger charge is 2.30. The van der Waals surface area contributed by atoms with E-state index in [0.29, 0.717) is 29.6 Å². The lowest BCUT2D eigenvalue weighted by Crippen LogP contribution is -2.37. The molecule has 1 aromatic carbocycles. The van der Waals surface area contributed by atoms with Crippen LogP contribution >= 0.6 is 15.9 Å². The zero-order chi connectivity index (χ0) is 18.3. The summed E-state index contributed by atoms with van der Waals surface area (Å²) in [5, 5.41) is 8.27. The van der Waals surface area contributed by atoms with Gasteiger partial charge in [0.1, 0.15) is 5.82 Å². The van der Waals surface area contributed by atoms with Gasteiger partial charge in [0.05, 0.1) is 4.90 Å². The summed E-state index contributed by atoms with van der Waals surface area (Å²) in [5.74, 6) is 1.50. The first-order chi connectivity index (χ1) is 12.5. The minimum Gasteiger partial charge on any atom is -0.352 e. The van der Waals surface area contributed by atoms with Crippen molar-refractivity contribution in [3.8, 4) is 0 Å². The van der Waals surface area contributed by atoms with Crippen molar-refractivity contribution >= 4 is 37.4 Å². The molecule has 4 rings (SSSR count). The monoisotopic (exact) mass is 436 g/mol. The molecule has 8 nitrogen and oxygen atoms in total. The summed E-state index contributed by atoms with van der Waals surface area (Å²) in [5.41, 5.74) is 0.680. The summed E-state index contributed by atoms with van der Waals surface area (Å²) in [6.07, 6.45) is 4.22. The van der Waals surface area contributed by atoms with Crippen molar-refractivity contribution in [2.24, 2.45) is 0 Å². The fraction of sp³-hybridized carbons (Fsp3) is 0.312. The summed E-state index contributed by atoms with van der Waals surface area (Å²) in [6.45, 7) is 3.10. The van der Waals surface area contributed by atoms with E-state index >= 15 is 0 Å². The molecule has 1 fully saturated rings. The van der Waals surface area contributed by atoms with Crippen molar-refractivity contribution in [1.29, 1.82) is 0 Å². The van der Waals surface area contributed by atoms with Gasteiger partial charge in [0.2, 0.25) is 15.7 Å². The van der Waals surface area contributed by atoms with Crippen LogP contribution in [0.4, 0.5) is 5.82 Å². The highest BCUT2D eigenvalue weighted by molar-refractivity contribution is 9.10. The molecule has 1 N–H and O–H groups in total. The van der Waals surface area contributed by atoms with Crippen molar-refractivity contribution in [1.82, 2.24) is 24.3 Å². The highest BCUT2D eigenvalue weighted by Crippen LogP contribution is 2.25. The Morgan fingerprint density at radius 2 is 2.08 bits per heavy atom. The predicted octanol–water partition coefficient (Wildman–Crippen LogP) is 1.75. The van der Waals surface area contributed by atoms with Crippen LogP contribution in [0.5, 0.6) is 0 Å². The molecule has 0 aliphatic carbocycles. The van der Waals surface area contributed by atoms with Crippen LogP contribution in [0.15, 0.2) is 46.0 Å². The maximum Gasteiger partial charge on any atom is 0.242 e. The lowest BCUT2D eigenvalue weighted by atomic mass is 10.3. The number of nitrogens with zero attached hydrogens (tertiary/aromatic N) is 5. The van der Waals surface area contributed by atoms with E-state index < -0.39 is 10.0 Å². The largest absolute Gasteiger partial charge is 0.352 e. The molecule has 0 unspecified atom stereocenters. The van der Waals surface area contributed by atoms with Gasteiger partial charge >= 0.3 is 0 Å². The Morgan fingerprint density at radius 3 is 2.88 bits per heavy atom. The molecule has 136 valence electrons. The molecule has 0 amide bonds. The number of aromatic nitrogens is 4. The lowest BCUT2D eigenvalue weighted by Gasteiger charge is -2.18. The van der Waals surface area contributed by atoms with E-state index in [0.717, 1.165) is 11.6 Å². The van der Waals surface area contributed by atoms with Crippen LogP contribution in [0.25, 0.3) is 5.65 Å². The van der Waals surface area contributed by atoms with Gasteiger partial charge in [-0.1, -0.05) is 12.1 Å². The van der Waals surface area contributed by atoms with Gasteiger partial charge in [0.15, 0.2) is 5.82 Å². The zero-order valence-corrected chi connectivity index (χ0v) is 16.4. The molecular formula is C16H17BrN6O2S. The SMILES string of the molecule is Cc1nnc2c(N3CC[C@@H](NS(=O)(=O)c4ccccc4Br)C3)nccn12. The average molecular weight is 437 g/mol. The molecule has 1 atom stereocenters. The molecule has 0 spiro atoms. The summed E-state index contributed by atoms with van der Waals surface area (Å²) in [4.78, 5) is 6.70. The lowest BCUT2D eigenvalue weighted by molar-refractivity contribution is 0.561. The minimum atomic E-state index is -3.60. The molecular weight excluding hydrogens is 420 g/mol. The average Bonchev–Trinajstić information content (AvgIpc) is 3.22. The van der Waals surface area contributed by atoms with Crippen molar-refractivity contribution in [2.45, 2.75) is 24.3 Å². The third kappa shape index (κ3) is 3.08. The van der Waals surface area contributed by atoms with Gasteiger partial charge in [-0.25, -0.2) is 18.1 Å². The summed E-state index contributed by atoms with van der Waals surface area (Å²) >= 11 is 3.30. The number of halogens is 1. The van der Waals surface area contributed by atoms with Crippen molar-refractivity contribution in [3.05, 3.63) is 47.0 Å². The molecule has 10 heteroatoms. The number of hydrogen-bond donors (Lipinski definition) is 1. The van der Waals surface area contributed by atoms with Crippen molar-refractivity contribution in [2.75, 3.05) is 18.0 Å². The molecule has 0 bridgehead atoms. The van der Waals surface area contributed by atoms with Crippen LogP contribution in [0.3, 0.4) is 0 Å². The van der Waals surface area contributed by atoms with Crippen LogP contribution in [-0.4, -0.2) is 47.1 Å². The Bertz CT molecular complexity index is 1070. The van der Waals surface area contributed by atoms with Crippen molar-refractivity contribution < 1.29 is 8.42 Å². The Balaban J connectivity index is 1.55. The van der Waals surface area contributed by atoms with E-state index in [4.69, 9.17) is 0 Å². The Labute approximate surface area is 159 Å². The molecule has 2 aromatic heterocycles. The molecule has 1 aliphatic rings. The second-order valence-electron chi connectivity index (χ2n) is 6.17. The first-order valence-corrected chi connectivity index (χ1v) is 10.4. The van der Waals surface area contributed by atoms with E-state index in [-0.39, 0.29) is 10.9 Å². The number of rotatable bonds is 4. The normalized spacial score (nSPS) is 17.9. The number of benzene rings is 1. The fourth-order valence-corrected chi connectivity index (χ4v) is 5.41. The van der Waals surface area contributed by atoms with E-state index in [1.807, 2.05) is 22.4 Å². The zero-order valence-electron chi connectivity index (χ0n) is 14.0. The molecule has 0 radical (unpaired) electrons. The molecule has 0 saturated carbocycles. The molecule has 1 aliphatic heterocycles. The Kier molecular flexibility index (Phi) is 4.41. The van der Waals surface area contributed by atoms with Crippen LogP contribution in [0.1, 0.15) is 12.2 Å². The van der Waals surface area contributed by atoms with Crippen LogP contribution in [-0.2, 0) is 10.0 Å². The van der Waals surface area contributed by atoms with Gasteiger partial charge in [0.25, 0.3) is 0 Å². The quantitative estimate of drug-likeness (QED) is 0.669. The molecule has 3 aromatic rings. The van der Waals surface area contributed by atoms with Crippen LogP contribution in [0, 0.1) is 6.92 Å². The molecule has 26 heavy (non-hydrogen) atoms. The minimum absolute atomic E-state index is 0.196. The summed E-state index contributed by atoms with van der Waals surface area (Å²) in [6, 6.07) is 6.60. The number of fused-ring (bicyclic) bond motifs is 1. The Hall–Kier alpha value is -2.04. The van der Waals surface area contributed by atoms with Gasteiger partial charge in [-0.2, -0.15) is 0 Å². The van der Waals surface area contributed by atoms with Gasteiger partial charge in [-0.3, -0.25) is 4.40 Å². The number of anilines is 1. The first-order valence-electron chi connectivity index (χ1n) is 8.14. The summed E-state index contributed by atoms with van der Waals surface area (Å²) in [7, 11) is -3.60. The number of hydrogen-bond acceptors (Lipinski definition) is 6. The topological polar surface area (TPSA) is 92.5 Å². The van der Waals surface area contributed by atoms with Gasteiger partial charge in [-0.15, -0.1) is 10.2 Å². The fourth-order valence-electron chi connectivity index (χ4n) is 3.15. The van der Waals surface area contributed by atoms with E-state index in [2.05, 4.69) is 35.8 Å². The van der Waals surface area contributed by atoms with Crippen LogP contribution < -0.4 is 9.62 Å². The third-order valence-corrected chi connectivity index (χ3v) is 6.95. The van der Waals surface area contributed by atoms with Gasteiger partial charge in [0, 0.05) is 36.0 Å². The van der Waals surface area contributed by atoms with E-state index in [1.54, 1.807) is 30.5 Å². The predicted molar refractivity (Wildman–Crippen MR) is 101 cm³/mol. The third-order valence-electron chi connectivity index (χ3n) is 4.41.